The van der Waals surface area contributed by atoms with Crippen LogP contribution in [0.4, 0.5) is 0 Å². The molecule has 0 rings (SSSR count). The third kappa shape index (κ3) is 8.15. The van der Waals surface area contributed by atoms with Crippen LogP contribution in [0.25, 0.3) is 0 Å². The lowest BCUT2D eigenvalue weighted by atomic mass is 9.90. The monoisotopic (exact) mass is 386 g/mol. The SMILES string of the molecule is C=CCC(C)(C)C(=O)O[Si](C)(C)O[Si](C)(C)OC(=O)C(C)(C)CC=C. The molecule has 7 heteroatoms. The summed E-state index contributed by atoms with van der Waals surface area (Å²) in [6, 6.07) is 0. The molecule has 0 N–H and O–H groups in total. The average Bonchev–Trinajstić information content (AvgIpc) is 2.35. The highest BCUT2D eigenvalue weighted by Gasteiger charge is 2.44. The average molecular weight is 387 g/mol. The molecule has 0 saturated carbocycles. The van der Waals surface area contributed by atoms with E-state index in [1.807, 2.05) is 27.7 Å². The van der Waals surface area contributed by atoms with E-state index in [-0.39, 0.29) is 11.9 Å². The molecule has 0 radical (unpaired) electrons. The van der Waals surface area contributed by atoms with E-state index in [9.17, 15) is 9.59 Å². The van der Waals surface area contributed by atoms with Gasteiger partial charge in [0.2, 0.25) is 0 Å². The molecular weight excluding hydrogens is 352 g/mol. The second-order valence-electron chi connectivity index (χ2n) is 8.43. The van der Waals surface area contributed by atoms with Crippen LogP contribution in [0.15, 0.2) is 25.3 Å². The summed E-state index contributed by atoms with van der Waals surface area (Å²) in [6.45, 7) is 21.7. The lowest BCUT2D eigenvalue weighted by Crippen LogP contribution is -2.52. The third-order valence-corrected chi connectivity index (χ3v) is 8.87. The summed E-state index contributed by atoms with van der Waals surface area (Å²) in [4.78, 5) is 24.8. The first-order valence-electron chi connectivity index (χ1n) is 8.47. The Bertz CT molecular complexity index is 476. The van der Waals surface area contributed by atoms with Crippen molar-refractivity contribution in [2.24, 2.45) is 10.8 Å². The zero-order valence-electron chi connectivity index (χ0n) is 17.0. The van der Waals surface area contributed by atoms with Crippen molar-refractivity contribution in [3.63, 3.8) is 0 Å². The highest BCUT2D eigenvalue weighted by Crippen LogP contribution is 2.28. The predicted molar refractivity (Wildman–Crippen MR) is 105 cm³/mol. The molecule has 0 saturated heterocycles. The summed E-state index contributed by atoms with van der Waals surface area (Å²) in [5, 5.41) is 0. The van der Waals surface area contributed by atoms with Gasteiger partial charge in [-0.1, -0.05) is 12.2 Å². The van der Waals surface area contributed by atoms with Crippen molar-refractivity contribution in [3.8, 4) is 0 Å². The van der Waals surface area contributed by atoms with Gasteiger partial charge in [0.25, 0.3) is 11.9 Å². The zero-order chi connectivity index (χ0) is 20.1. The highest BCUT2D eigenvalue weighted by atomic mass is 28.5. The van der Waals surface area contributed by atoms with Gasteiger partial charge < -0.3 is 13.0 Å². The number of allylic oxidation sites excluding steroid dienone is 2. The molecule has 0 aromatic rings. The summed E-state index contributed by atoms with van der Waals surface area (Å²) < 4.78 is 17.4. The topological polar surface area (TPSA) is 61.8 Å². The first-order valence-corrected chi connectivity index (χ1v) is 14.1. The number of carbonyl (C=O) groups excluding carboxylic acids is 2. The van der Waals surface area contributed by atoms with Crippen LogP contribution in [0, 0.1) is 10.8 Å². The Kier molecular flexibility index (Phi) is 8.06. The minimum atomic E-state index is -2.80. The van der Waals surface area contributed by atoms with Crippen LogP contribution in [-0.2, 0) is 22.6 Å². The first-order chi connectivity index (χ1) is 11.1. The van der Waals surface area contributed by atoms with Crippen LogP contribution in [0.5, 0.6) is 0 Å². The Morgan fingerprint density at radius 1 is 0.800 bits per heavy atom. The van der Waals surface area contributed by atoms with Crippen molar-refractivity contribution < 1.29 is 22.6 Å². The van der Waals surface area contributed by atoms with Gasteiger partial charge in [-0.2, -0.15) is 0 Å². The molecule has 25 heavy (non-hydrogen) atoms. The van der Waals surface area contributed by atoms with E-state index in [0.29, 0.717) is 12.8 Å². The molecule has 0 aliphatic heterocycles. The summed E-state index contributed by atoms with van der Waals surface area (Å²) in [5.41, 5.74) is -1.33. The van der Waals surface area contributed by atoms with E-state index in [2.05, 4.69) is 13.2 Å². The van der Waals surface area contributed by atoms with Crippen LogP contribution in [0.1, 0.15) is 40.5 Å². The molecule has 0 bridgehead atoms. The lowest BCUT2D eigenvalue weighted by molar-refractivity contribution is -0.146. The molecule has 0 amide bonds. The van der Waals surface area contributed by atoms with Gasteiger partial charge >= 0.3 is 17.1 Å². The van der Waals surface area contributed by atoms with E-state index in [1.165, 1.54) is 0 Å². The molecule has 5 nitrogen and oxygen atoms in total. The molecule has 0 aliphatic carbocycles. The smallest absolute Gasteiger partial charge is 0.387 e. The van der Waals surface area contributed by atoms with Crippen molar-refractivity contribution >= 4 is 29.1 Å². The van der Waals surface area contributed by atoms with Gasteiger partial charge in [-0.25, -0.2) is 0 Å². The molecule has 0 aromatic carbocycles. The van der Waals surface area contributed by atoms with Gasteiger partial charge in [0.1, 0.15) is 0 Å². The van der Waals surface area contributed by atoms with Crippen LogP contribution in [0.3, 0.4) is 0 Å². The molecule has 0 aliphatic rings. The lowest BCUT2D eigenvalue weighted by Gasteiger charge is -2.35. The molecule has 0 atom stereocenters. The second-order valence-corrected chi connectivity index (χ2v) is 15.3. The van der Waals surface area contributed by atoms with Crippen molar-refractivity contribution in [3.05, 3.63) is 25.3 Å². The van der Waals surface area contributed by atoms with Crippen molar-refractivity contribution in [2.45, 2.75) is 66.7 Å². The number of rotatable bonds is 10. The Morgan fingerprint density at radius 3 is 1.32 bits per heavy atom. The van der Waals surface area contributed by atoms with Crippen molar-refractivity contribution in [1.82, 2.24) is 0 Å². The molecular formula is C18H34O5Si2. The minimum absolute atomic E-state index is 0.327. The van der Waals surface area contributed by atoms with Crippen LogP contribution in [0.2, 0.25) is 26.2 Å². The fourth-order valence-electron chi connectivity index (χ4n) is 2.24. The summed E-state index contributed by atoms with van der Waals surface area (Å²) in [7, 11) is -5.61. The van der Waals surface area contributed by atoms with Crippen LogP contribution in [-0.4, -0.2) is 29.1 Å². The van der Waals surface area contributed by atoms with E-state index >= 15 is 0 Å². The molecule has 0 heterocycles. The highest BCUT2D eigenvalue weighted by molar-refractivity contribution is 6.80. The number of hydrogen-bond acceptors (Lipinski definition) is 5. The zero-order valence-corrected chi connectivity index (χ0v) is 19.0. The van der Waals surface area contributed by atoms with Gasteiger partial charge in [-0.05, 0) is 66.7 Å². The quantitative estimate of drug-likeness (QED) is 0.402. The van der Waals surface area contributed by atoms with Gasteiger partial charge in [-0.3, -0.25) is 9.59 Å². The van der Waals surface area contributed by atoms with Gasteiger partial charge in [0.15, 0.2) is 0 Å². The maximum atomic E-state index is 12.4. The van der Waals surface area contributed by atoms with Crippen molar-refractivity contribution in [1.29, 1.82) is 0 Å². The standard InChI is InChI=1S/C18H34O5Si2/c1-11-13-17(3,4)15(19)21-24(7,8)23-25(9,10)22-16(20)18(5,6)14-12-2/h11-12H,1-2,13-14H2,3-10H3. The number of carbonyl (C=O) groups is 2. The Labute approximate surface area is 154 Å². The van der Waals surface area contributed by atoms with Crippen molar-refractivity contribution in [2.75, 3.05) is 0 Å². The largest absolute Gasteiger partial charge is 0.495 e. The van der Waals surface area contributed by atoms with Gasteiger partial charge in [-0.15, -0.1) is 13.2 Å². The van der Waals surface area contributed by atoms with E-state index in [0.717, 1.165) is 0 Å². The maximum Gasteiger partial charge on any atom is 0.387 e. The Morgan fingerprint density at radius 2 is 1.08 bits per heavy atom. The fourth-order valence-corrected chi connectivity index (χ4v) is 8.76. The molecule has 0 aromatic heterocycles. The van der Waals surface area contributed by atoms with Crippen LogP contribution >= 0.6 is 0 Å². The Balaban J connectivity index is 5.02. The molecule has 144 valence electrons. The van der Waals surface area contributed by atoms with E-state index < -0.39 is 28.0 Å². The van der Waals surface area contributed by atoms with E-state index in [1.54, 1.807) is 38.3 Å². The molecule has 0 fully saturated rings. The van der Waals surface area contributed by atoms with Crippen LogP contribution < -0.4 is 0 Å². The molecule has 0 unspecified atom stereocenters. The van der Waals surface area contributed by atoms with Gasteiger partial charge in [0.05, 0.1) is 10.8 Å². The summed E-state index contributed by atoms with van der Waals surface area (Å²) in [6.07, 6.45) is 4.42. The third-order valence-electron chi connectivity index (χ3n) is 3.58. The summed E-state index contributed by atoms with van der Waals surface area (Å²) >= 11 is 0. The number of hydrogen-bond donors (Lipinski definition) is 0. The van der Waals surface area contributed by atoms with Gasteiger partial charge in [0, 0.05) is 0 Å². The fraction of sp³-hybridized carbons (Fsp3) is 0.667. The predicted octanol–water partition coefficient (Wildman–Crippen LogP) is 4.70. The summed E-state index contributed by atoms with van der Waals surface area (Å²) in [5.74, 6) is -0.653. The van der Waals surface area contributed by atoms with E-state index in [4.69, 9.17) is 13.0 Å². The molecule has 0 spiro atoms. The minimum Gasteiger partial charge on any atom is -0.495 e. The normalized spacial score (nSPS) is 13.1. The maximum absolute atomic E-state index is 12.4. The first kappa shape index (κ1) is 23.8. The second kappa shape index (κ2) is 8.46. The Hall–Kier alpha value is -1.19.